The molecule has 1 saturated carbocycles. The van der Waals surface area contributed by atoms with Gasteiger partial charge >= 0.3 is 11.6 Å². The predicted molar refractivity (Wildman–Crippen MR) is 169 cm³/mol. The Bertz CT molecular complexity index is 1800. The van der Waals surface area contributed by atoms with E-state index in [0.29, 0.717) is 47.0 Å². The highest BCUT2D eigenvalue weighted by atomic mass is 19.1. The van der Waals surface area contributed by atoms with E-state index in [1.165, 1.54) is 51.0 Å². The Balaban J connectivity index is 0.000000308. The number of nitrogens with zero attached hydrogens (tertiary/aromatic N) is 5. The fraction of sp³-hybridized carbons (Fsp3) is 0.500. The number of aromatic nitrogens is 2. The van der Waals surface area contributed by atoms with Crippen LogP contribution < -0.4 is 15.3 Å². The molecular formula is C34H39F2N5O4. The first-order chi connectivity index (χ1) is 21.7. The minimum Gasteiger partial charge on any atom is -0.508 e. The molecule has 3 atom stereocenters. The van der Waals surface area contributed by atoms with Gasteiger partial charge in [0.2, 0.25) is 0 Å². The summed E-state index contributed by atoms with van der Waals surface area (Å²) in [7, 11) is 3.65. The molecule has 2 aromatic heterocycles. The molecular weight excluding hydrogens is 580 g/mol. The molecule has 9 nitrogen and oxygen atoms in total. The second-order valence-corrected chi connectivity index (χ2v) is 12.8. The zero-order valence-electron chi connectivity index (χ0n) is 25.9. The van der Waals surface area contributed by atoms with Gasteiger partial charge < -0.3 is 19.2 Å². The van der Waals surface area contributed by atoms with Crippen molar-refractivity contribution < 1.29 is 23.0 Å². The van der Waals surface area contributed by atoms with Gasteiger partial charge in [-0.05, 0) is 82.6 Å². The number of hydrogen-bond acceptors (Lipinski definition) is 9. The maximum absolute atomic E-state index is 14.9. The summed E-state index contributed by atoms with van der Waals surface area (Å²) in [6.07, 6.45) is 6.24. The molecule has 238 valence electrons. The monoisotopic (exact) mass is 619 g/mol. The van der Waals surface area contributed by atoms with Crippen molar-refractivity contribution >= 4 is 27.5 Å². The normalized spacial score (nSPS) is 23.2. The maximum atomic E-state index is 14.9. The van der Waals surface area contributed by atoms with Gasteiger partial charge in [0, 0.05) is 54.3 Å². The standard InChI is InChI=1S/C27H27FN4O4.C7H12FN/c1-14-23-22(25(30-27(29-23)35-3)32-10-9-17(13-32)31(2)16-7-8-16)26(34)36-24(14)19-12-18(33)11-15-5-4-6-20(28)21(15)19;8-6-4-7-2-1-3-9(7)5-6/h4-6,11-12,16-17,33H,7-10,13H2,1-3H3;6-7H,1-5H2. The molecule has 0 radical (unpaired) electrons. The molecule has 11 heteroatoms. The number of phenols is 1. The zero-order valence-corrected chi connectivity index (χ0v) is 25.9. The fourth-order valence-corrected chi connectivity index (χ4v) is 7.41. The van der Waals surface area contributed by atoms with Crippen LogP contribution in [0.5, 0.6) is 11.8 Å². The van der Waals surface area contributed by atoms with Crippen LogP contribution in [-0.2, 0) is 0 Å². The van der Waals surface area contributed by atoms with Crippen molar-refractivity contribution in [1.29, 1.82) is 0 Å². The Kier molecular flexibility index (Phi) is 7.85. The van der Waals surface area contributed by atoms with E-state index < -0.39 is 17.6 Å². The number of halogens is 2. The van der Waals surface area contributed by atoms with E-state index in [0.717, 1.165) is 32.5 Å². The summed E-state index contributed by atoms with van der Waals surface area (Å²) in [5.41, 5.74) is 0.587. The second-order valence-electron chi connectivity index (χ2n) is 12.8. The largest absolute Gasteiger partial charge is 0.508 e. The first-order valence-corrected chi connectivity index (χ1v) is 15.9. The molecule has 45 heavy (non-hydrogen) atoms. The molecule has 1 aliphatic carbocycles. The first-order valence-electron chi connectivity index (χ1n) is 15.9. The lowest BCUT2D eigenvalue weighted by atomic mass is 9.98. The quantitative estimate of drug-likeness (QED) is 0.314. The van der Waals surface area contributed by atoms with Gasteiger partial charge in [0.05, 0.1) is 12.6 Å². The molecule has 3 saturated heterocycles. The van der Waals surface area contributed by atoms with E-state index in [1.807, 2.05) is 0 Å². The highest BCUT2D eigenvalue weighted by Gasteiger charge is 2.37. The van der Waals surface area contributed by atoms with Gasteiger partial charge in [0.25, 0.3) is 0 Å². The average Bonchev–Trinajstić information content (AvgIpc) is 3.41. The molecule has 3 unspecified atom stereocenters. The number of alkyl halides is 1. The van der Waals surface area contributed by atoms with Crippen LogP contribution in [0.2, 0.25) is 0 Å². The predicted octanol–water partition coefficient (Wildman–Crippen LogP) is 5.43. The molecule has 5 heterocycles. The van der Waals surface area contributed by atoms with Crippen molar-refractivity contribution in [3.8, 4) is 23.1 Å². The average molecular weight is 620 g/mol. The molecule has 2 aromatic carbocycles. The third-order valence-electron chi connectivity index (χ3n) is 9.92. The van der Waals surface area contributed by atoms with Gasteiger partial charge in [-0.2, -0.15) is 9.97 Å². The van der Waals surface area contributed by atoms with E-state index in [1.54, 1.807) is 19.1 Å². The van der Waals surface area contributed by atoms with Crippen molar-refractivity contribution in [3.63, 3.8) is 0 Å². The Hall–Kier alpha value is -3.83. The first kappa shape index (κ1) is 29.9. The Morgan fingerprint density at radius 3 is 2.64 bits per heavy atom. The molecule has 0 spiro atoms. The highest BCUT2D eigenvalue weighted by Crippen LogP contribution is 2.39. The van der Waals surface area contributed by atoms with Gasteiger partial charge in [-0.15, -0.1) is 0 Å². The van der Waals surface area contributed by atoms with Crippen LogP contribution in [0.3, 0.4) is 0 Å². The number of aromatic hydroxyl groups is 1. The summed E-state index contributed by atoms with van der Waals surface area (Å²) in [6.45, 7) is 5.11. The summed E-state index contributed by atoms with van der Waals surface area (Å²) in [5, 5.41) is 11.3. The SMILES string of the molecule is COc1nc(N2CCC(N(C)C3CC3)C2)c2c(=O)oc(-c3cc(O)cc4cccc(F)c34)c(C)c2n1.FC1CC2CCCN2C1. The lowest BCUT2D eigenvalue weighted by molar-refractivity contribution is 0.249. The number of aryl methyl sites for hydroxylation is 1. The number of rotatable bonds is 5. The molecule has 8 rings (SSSR count). The molecule has 4 aromatic rings. The summed E-state index contributed by atoms with van der Waals surface area (Å²) >= 11 is 0. The Morgan fingerprint density at radius 2 is 1.89 bits per heavy atom. The molecule has 0 amide bonds. The lowest BCUT2D eigenvalue weighted by Gasteiger charge is -2.25. The van der Waals surface area contributed by atoms with Crippen molar-refractivity contribution in [1.82, 2.24) is 19.8 Å². The zero-order chi connectivity index (χ0) is 31.4. The number of ether oxygens (including phenoxy) is 1. The number of fused-ring (bicyclic) bond motifs is 3. The molecule has 4 fully saturated rings. The highest BCUT2D eigenvalue weighted by molar-refractivity contribution is 6.00. The number of phenolic OH excluding ortho intramolecular Hbond substituents is 1. The minimum absolute atomic E-state index is 0.0610. The van der Waals surface area contributed by atoms with Gasteiger partial charge in [-0.1, -0.05) is 12.1 Å². The molecule has 4 aliphatic rings. The van der Waals surface area contributed by atoms with Crippen LogP contribution in [0.1, 0.15) is 44.1 Å². The minimum atomic E-state index is -0.616. The maximum Gasteiger partial charge on any atom is 0.349 e. The van der Waals surface area contributed by atoms with Crippen molar-refractivity contribution in [3.05, 3.63) is 52.1 Å². The Labute approximate surface area is 260 Å². The van der Waals surface area contributed by atoms with E-state index in [4.69, 9.17) is 9.15 Å². The number of anilines is 1. The van der Waals surface area contributed by atoms with Crippen LogP contribution in [0.15, 0.2) is 39.5 Å². The number of methoxy groups -OCH3 is 1. The fourth-order valence-electron chi connectivity index (χ4n) is 7.41. The van der Waals surface area contributed by atoms with Gasteiger partial charge in [-0.3, -0.25) is 9.80 Å². The lowest BCUT2D eigenvalue weighted by Crippen LogP contribution is -2.36. The van der Waals surface area contributed by atoms with Crippen LogP contribution >= 0.6 is 0 Å². The van der Waals surface area contributed by atoms with Crippen LogP contribution in [0.25, 0.3) is 33.0 Å². The van der Waals surface area contributed by atoms with E-state index in [9.17, 15) is 18.7 Å². The second kappa shape index (κ2) is 11.8. The smallest absolute Gasteiger partial charge is 0.349 e. The molecule has 3 aliphatic heterocycles. The van der Waals surface area contributed by atoms with Gasteiger partial charge in [0.1, 0.15) is 28.9 Å². The van der Waals surface area contributed by atoms with Crippen LogP contribution in [-0.4, -0.2) is 89.5 Å². The summed E-state index contributed by atoms with van der Waals surface area (Å²) in [4.78, 5) is 29.3. The van der Waals surface area contributed by atoms with Crippen molar-refractivity contribution in [2.45, 2.75) is 69.7 Å². The third-order valence-corrected chi connectivity index (χ3v) is 9.92. The van der Waals surface area contributed by atoms with Crippen LogP contribution in [0.4, 0.5) is 14.6 Å². The number of benzene rings is 2. The van der Waals surface area contributed by atoms with Gasteiger partial charge in [0.15, 0.2) is 5.82 Å². The number of hydrogen-bond donors (Lipinski definition) is 1. The summed E-state index contributed by atoms with van der Waals surface area (Å²) < 4.78 is 38.7. The van der Waals surface area contributed by atoms with E-state index >= 15 is 0 Å². The molecule has 1 N–H and O–H groups in total. The van der Waals surface area contributed by atoms with Gasteiger partial charge in [-0.25, -0.2) is 13.6 Å². The summed E-state index contributed by atoms with van der Waals surface area (Å²) in [6, 6.07) is 9.25. The van der Waals surface area contributed by atoms with E-state index in [2.05, 4.69) is 31.7 Å². The number of likely N-dealkylation sites (N-methyl/N-ethyl adjacent to an activating group) is 1. The van der Waals surface area contributed by atoms with Crippen molar-refractivity contribution in [2.75, 3.05) is 45.2 Å². The van der Waals surface area contributed by atoms with Crippen molar-refractivity contribution in [2.24, 2.45) is 0 Å². The van der Waals surface area contributed by atoms with Crippen LogP contribution in [0, 0.1) is 12.7 Å². The Morgan fingerprint density at radius 1 is 1.07 bits per heavy atom. The summed E-state index contributed by atoms with van der Waals surface area (Å²) in [5.74, 6) is 0.0967. The third kappa shape index (κ3) is 5.61. The topological polar surface area (TPSA) is 95.2 Å². The van der Waals surface area contributed by atoms with E-state index in [-0.39, 0.29) is 33.9 Å². The molecule has 0 bridgehead atoms.